The standard InChI is InChI=1S/C18H20F2N2O2/c1-3-24-18(23)12-5-4-8-22(10-12)15-9-11(2)21-17-13(15)6-7-14(19)16(17)20/h6-7,9,12H,3-5,8,10H2,1-2H3. The molecular weight excluding hydrogens is 314 g/mol. The first-order chi connectivity index (χ1) is 11.5. The summed E-state index contributed by atoms with van der Waals surface area (Å²) in [5.74, 6) is -2.24. The Labute approximate surface area is 139 Å². The highest BCUT2D eigenvalue weighted by Crippen LogP contribution is 2.32. The molecule has 24 heavy (non-hydrogen) atoms. The fourth-order valence-corrected chi connectivity index (χ4v) is 3.25. The molecule has 1 aliphatic rings. The van der Waals surface area contributed by atoms with Gasteiger partial charge in [-0.1, -0.05) is 0 Å². The quantitative estimate of drug-likeness (QED) is 0.805. The van der Waals surface area contributed by atoms with Gasteiger partial charge < -0.3 is 9.64 Å². The second kappa shape index (κ2) is 6.71. The average molecular weight is 334 g/mol. The van der Waals surface area contributed by atoms with Gasteiger partial charge in [0.15, 0.2) is 11.6 Å². The molecule has 1 aromatic heterocycles. The lowest BCUT2D eigenvalue weighted by atomic mass is 9.97. The summed E-state index contributed by atoms with van der Waals surface area (Å²) in [6.45, 7) is 5.16. The van der Waals surface area contributed by atoms with Crippen LogP contribution in [0.1, 0.15) is 25.5 Å². The maximum absolute atomic E-state index is 14.1. The van der Waals surface area contributed by atoms with Crippen LogP contribution in [0, 0.1) is 24.5 Å². The summed E-state index contributed by atoms with van der Waals surface area (Å²) in [6.07, 6.45) is 1.62. The predicted octanol–water partition coefficient (Wildman–Crippen LogP) is 3.60. The number of rotatable bonds is 3. The van der Waals surface area contributed by atoms with Crippen molar-refractivity contribution in [2.24, 2.45) is 5.92 Å². The number of piperidine rings is 1. The van der Waals surface area contributed by atoms with E-state index in [1.165, 1.54) is 0 Å². The SMILES string of the molecule is CCOC(=O)C1CCCN(c2cc(C)nc3c(F)c(F)ccc23)C1. The Balaban J connectivity index is 1.99. The number of aromatic nitrogens is 1. The number of nitrogens with zero attached hydrogens (tertiary/aromatic N) is 2. The molecule has 0 amide bonds. The first kappa shape index (κ1) is 16.6. The van der Waals surface area contributed by atoms with E-state index in [1.807, 2.05) is 11.0 Å². The zero-order valence-electron chi connectivity index (χ0n) is 13.8. The van der Waals surface area contributed by atoms with E-state index >= 15 is 0 Å². The molecule has 2 aromatic rings. The fraction of sp³-hybridized carbons (Fsp3) is 0.444. The van der Waals surface area contributed by atoms with Gasteiger partial charge in [0.05, 0.1) is 12.5 Å². The third-order valence-electron chi connectivity index (χ3n) is 4.36. The molecule has 1 saturated heterocycles. The molecule has 0 aliphatic carbocycles. The van der Waals surface area contributed by atoms with Gasteiger partial charge in [-0.05, 0) is 44.9 Å². The van der Waals surface area contributed by atoms with Crippen LogP contribution in [0.4, 0.5) is 14.5 Å². The minimum Gasteiger partial charge on any atom is -0.466 e. The summed E-state index contributed by atoms with van der Waals surface area (Å²) in [6, 6.07) is 4.52. The summed E-state index contributed by atoms with van der Waals surface area (Å²) in [4.78, 5) is 18.2. The molecule has 3 rings (SSSR count). The average Bonchev–Trinajstić information content (AvgIpc) is 2.58. The van der Waals surface area contributed by atoms with Gasteiger partial charge in [0, 0.05) is 29.9 Å². The van der Waals surface area contributed by atoms with Crippen molar-refractivity contribution in [1.82, 2.24) is 4.98 Å². The van der Waals surface area contributed by atoms with E-state index in [-0.39, 0.29) is 17.4 Å². The Morgan fingerprint density at radius 2 is 2.21 bits per heavy atom. The number of hydrogen-bond donors (Lipinski definition) is 0. The highest BCUT2D eigenvalue weighted by Gasteiger charge is 2.28. The fourth-order valence-electron chi connectivity index (χ4n) is 3.25. The van der Waals surface area contributed by atoms with Crippen molar-refractivity contribution in [3.8, 4) is 0 Å². The van der Waals surface area contributed by atoms with Crippen molar-refractivity contribution >= 4 is 22.6 Å². The lowest BCUT2D eigenvalue weighted by molar-refractivity contribution is -0.148. The Morgan fingerprint density at radius 3 is 2.96 bits per heavy atom. The van der Waals surface area contributed by atoms with Gasteiger partial charge in [-0.25, -0.2) is 13.8 Å². The number of esters is 1. The molecule has 1 unspecified atom stereocenters. The lowest BCUT2D eigenvalue weighted by Crippen LogP contribution is -2.39. The Morgan fingerprint density at radius 1 is 1.42 bits per heavy atom. The van der Waals surface area contributed by atoms with Crippen molar-refractivity contribution in [3.63, 3.8) is 0 Å². The van der Waals surface area contributed by atoms with E-state index in [4.69, 9.17) is 4.74 Å². The molecule has 0 radical (unpaired) electrons. The summed E-state index contributed by atoms with van der Waals surface area (Å²) in [7, 11) is 0. The minimum absolute atomic E-state index is 0.0308. The Kier molecular flexibility index (Phi) is 4.64. The van der Waals surface area contributed by atoms with Crippen molar-refractivity contribution in [2.75, 3.05) is 24.6 Å². The number of pyridine rings is 1. The van der Waals surface area contributed by atoms with Crippen LogP contribution in [0.25, 0.3) is 10.9 Å². The molecule has 0 N–H and O–H groups in total. The molecule has 1 atom stereocenters. The van der Waals surface area contributed by atoms with Gasteiger partial charge in [0.1, 0.15) is 5.52 Å². The van der Waals surface area contributed by atoms with E-state index < -0.39 is 11.6 Å². The van der Waals surface area contributed by atoms with Gasteiger partial charge in [-0.3, -0.25) is 4.79 Å². The topological polar surface area (TPSA) is 42.4 Å². The number of halogens is 2. The summed E-state index contributed by atoms with van der Waals surface area (Å²) >= 11 is 0. The number of aryl methyl sites for hydroxylation is 1. The number of ether oxygens (including phenoxy) is 1. The van der Waals surface area contributed by atoms with Crippen LogP contribution in [0.5, 0.6) is 0 Å². The molecule has 1 aromatic carbocycles. The van der Waals surface area contributed by atoms with Crippen LogP contribution < -0.4 is 4.90 Å². The van der Waals surface area contributed by atoms with Crippen molar-refractivity contribution in [3.05, 3.63) is 35.5 Å². The van der Waals surface area contributed by atoms with Crippen LogP contribution in [-0.4, -0.2) is 30.6 Å². The third kappa shape index (κ3) is 3.05. The second-order valence-electron chi connectivity index (χ2n) is 6.08. The Hall–Kier alpha value is -2.24. The Bertz CT molecular complexity index is 779. The molecule has 6 heteroatoms. The van der Waals surface area contributed by atoms with Gasteiger partial charge in [-0.15, -0.1) is 0 Å². The first-order valence-corrected chi connectivity index (χ1v) is 8.18. The lowest BCUT2D eigenvalue weighted by Gasteiger charge is -2.34. The van der Waals surface area contributed by atoms with E-state index in [9.17, 15) is 13.6 Å². The number of hydrogen-bond acceptors (Lipinski definition) is 4. The third-order valence-corrected chi connectivity index (χ3v) is 4.36. The maximum Gasteiger partial charge on any atom is 0.310 e. The highest BCUT2D eigenvalue weighted by atomic mass is 19.2. The van der Waals surface area contributed by atoms with E-state index in [0.29, 0.717) is 24.2 Å². The van der Waals surface area contributed by atoms with Gasteiger partial charge in [-0.2, -0.15) is 0 Å². The van der Waals surface area contributed by atoms with Crippen LogP contribution in [0.3, 0.4) is 0 Å². The van der Waals surface area contributed by atoms with E-state index in [0.717, 1.165) is 31.1 Å². The van der Waals surface area contributed by atoms with Gasteiger partial charge in [0.25, 0.3) is 0 Å². The van der Waals surface area contributed by atoms with E-state index in [2.05, 4.69) is 4.98 Å². The monoisotopic (exact) mass is 334 g/mol. The summed E-state index contributed by atoms with van der Waals surface area (Å²) in [5.41, 5.74) is 1.42. The van der Waals surface area contributed by atoms with Crippen LogP contribution in [0.2, 0.25) is 0 Å². The molecule has 128 valence electrons. The van der Waals surface area contributed by atoms with Crippen LogP contribution >= 0.6 is 0 Å². The smallest absolute Gasteiger partial charge is 0.310 e. The number of carbonyl (C=O) groups excluding carboxylic acids is 1. The normalized spacial score (nSPS) is 18.0. The number of carbonyl (C=O) groups is 1. The zero-order chi connectivity index (χ0) is 17.3. The van der Waals surface area contributed by atoms with Crippen LogP contribution in [-0.2, 0) is 9.53 Å². The van der Waals surface area contributed by atoms with Crippen molar-refractivity contribution in [1.29, 1.82) is 0 Å². The molecule has 1 fully saturated rings. The predicted molar refractivity (Wildman–Crippen MR) is 88.0 cm³/mol. The largest absolute Gasteiger partial charge is 0.466 e. The molecule has 1 aliphatic heterocycles. The van der Waals surface area contributed by atoms with Gasteiger partial charge >= 0.3 is 5.97 Å². The van der Waals surface area contributed by atoms with Crippen molar-refractivity contribution < 1.29 is 18.3 Å². The zero-order valence-corrected chi connectivity index (χ0v) is 13.8. The molecule has 0 spiro atoms. The summed E-state index contributed by atoms with van der Waals surface area (Å²) in [5, 5.41) is 0.559. The molecule has 2 heterocycles. The number of anilines is 1. The second-order valence-corrected chi connectivity index (χ2v) is 6.08. The molecular formula is C18H20F2N2O2. The molecule has 0 bridgehead atoms. The van der Waals surface area contributed by atoms with Crippen LogP contribution in [0.15, 0.2) is 18.2 Å². The van der Waals surface area contributed by atoms with Gasteiger partial charge in [0.2, 0.25) is 0 Å². The number of benzene rings is 1. The minimum atomic E-state index is -0.934. The van der Waals surface area contributed by atoms with E-state index in [1.54, 1.807) is 19.9 Å². The maximum atomic E-state index is 14.1. The highest BCUT2D eigenvalue weighted by molar-refractivity contribution is 5.92. The summed E-state index contributed by atoms with van der Waals surface area (Å²) < 4.78 is 32.7. The van der Waals surface area contributed by atoms with Crippen molar-refractivity contribution in [2.45, 2.75) is 26.7 Å². The molecule has 4 nitrogen and oxygen atoms in total. The number of fused-ring (bicyclic) bond motifs is 1. The molecule has 0 saturated carbocycles. The first-order valence-electron chi connectivity index (χ1n) is 8.18.